The molecule has 0 N–H and O–H groups in total. The third-order valence-electron chi connectivity index (χ3n) is 11.4. The van der Waals surface area contributed by atoms with E-state index in [0.717, 1.165) is 17.1 Å². The second-order valence-electron chi connectivity index (χ2n) is 14.1. The molecular formula is C51H33N. The summed E-state index contributed by atoms with van der Waals surface area (Å²) < 4.78 is 0. The number of hydrogen-bond acceptors (Lipinski definition) is 1. The number of benzene rings is 9. The molecule has 2 aliphatic rings. The van der Waals surface area contributed by atoms with Crippen molar-refractivity contribution in [1.29, 1.82) is 0 Å². The molecule has 9 aromatic carbocycles. The van der Waals surface area contributed by atoms with E-state index in [9.17, 15) is 0 Å². The van der Waals surface area contributed by atoms with E-state index in [2.05, 4.69) is 205 Å². The number of hydrogen-bond donors (Lipinski definition) is 0. The average molecular weight is 660 g/mol. The monoisotopic (exact) mass is 659 g/mol. The maximum atomic E-state index is 2.49. The van der Waals surface area contributed by atoms with Gasteiger partial charge in [0.25, 0.3) is 0 Å². The largest absolute Gasteiger partial charge is 0.310 e. The van der Waals surface area contributed by atoms with Crippen molar-refractivity contribution in [3.05, 3.63) is 222 Å². The Kier molecular flexibility index (Phi) is 6.23. The first-order chi connectivity index (χ1) is 25.8. The lowest BCUT2D eigenvalue weighted by molar-refractivity contribution is 0.801. The summed E-state index contributed by atoms with van der Waals surface area (Å²) in [4.78, 5) is 2.43. The molecule has 1 heteroatoms. The van der Waals surface area contributed by atoms with Crippen molar-refractivity contribution in [3.63, 3.8) is 0 Å². The van der Waals surface area contributed by atoms with Crippen LogP contribution in [0.3, 0.4) is 0 Å². The van der Waals surface area contributed by atoms with Crippen LogP contribution < -0.4 is 4.90 Å². The van der Waals surface area contributed by atoms with Crippen molar-refractivity contribution in [2.75, 3.05) is 4.90 Å². The van der Waals surface area contributed by atoms with Crippen molar-refractivity contribution in [3.8, 4) is 33.4 Å². The van der Waals surface area contributed by atoms with Crippen LogP contribution in [0.25, 0.3) is 54.9 Å². The van der Waals surface area contributed by atoms with Crippen LogP contribution in [0.5, 0.6) is 0 Å². The smallest absolute Gasteiger partial charge is 0.0732 e. The van der Waals surface area contributed by atoms with Gasteiger partial charge in [0.15, 0.2) is 0 Å². The highest BCUT2D eigenvalue weighted by Gasteiger charge is 2.52. The summed E-state index contributed by atoms with van der Waals surface area (Å²) in [6.07, 6.45) is 0. The topological polar surface area (TPSA) is 3.24 Å². The molecule has 0 amide bonds. The zero-order chi connectivity index (χ0) is 34.2. The summed E-state index contributed by atoms with van der Waals surface area (Å²) in [7, 11) is 0. The fourth-order valence-electron chi connectivity index (χ4n) is 9.24. The first kappa shape index (κ1) is 29.1. The molecule has 11 rings (SSSR count). The predicted molar refractivity (Wildman–Crippen MR) is 218 cm³/mol. The number of fused-ring (bicyclic) bond motifs is 13. The van der Waals surface area contributed by atoms with Gasteiger partial charge in [-0.15, -0.1) is 0 Å². The van der Waals surface area contributed by atoms with E-state index in [0.29, 0.717) is 0 Å². The lowest BCUT2D eigenvalue weighted by Crippen LogP contribution is -2.26. The third-order valence-corrected chi connectivity index (χ3v) is 11.4. The first-order valence-corrected chi connectivity index (χ1v) is 18.1. The van der Waals surface area contributed by atoms with Crippen LogP contribution in [-0.2, 0) is 5.41 Å². The lowest BCUT2D eigenvalue weighted by atomic mass is 9.69. The Balaban J connectivity index is 1.19. The average Bonchev–Trinajstić information content (AvgIpc) is 3.69. The van der Waals surface area contributed by atoms with Crippen LogP contribution in [0.4, 0.5) is 17.1 Å². The highest BCUT2D eigenvalue weighted by atomic mass is 15.1. The fourth-order valence-corrected chi connectivity index (χ4v) is 9.24. The second-order valence-corrected chi connectivity index (χ2v) is 14.1. The molecule has 0 atom stereocenters. The van der Waals surface area contributed by atoms with Gasteiger partial charge in [0.1, 0.15) is 0 Å². The molecule has 1 spiro atoms. The van der Waals surface area contributed by atoms with Crippen LogP contribution in [0.15, 0.2) is 200 Å². The van der Waals surface area contributed by atoms with Crippen molar-refractivity contribution < 1.29 is 0 Å². The van der Waals surface area contributed by atoms with Crippen LogP contribution in [0.1, 0.15) is 22.3 Å². The summed E-state index contributed by atoms with van der Waals surface area (Å²) in [6, 6.07) is 74.1. The van der Waals surface area contributed by atoms with Gasteiger partial charge < -0.3 is 4.90 Å². The summed E-state index contributed by atoms with van der Waals surface area (Å²) in [5, 5.41) is 5.04. The maximum absolute atomic E-state index is 2.49. The van der Waals surface area contributed by atoms with Gasteiger partial charge in [-0.1, -0.05) is 164 Å². The van der Waals surface area contributed by atoms with Gasteiger partial charge in [0.2, 0.25) is 0 Å². The molecule has 0 aromatic heterocycles. The van der Waals surface area contributed by atoms with E-state index in [-0.39, 0.29) is 0 Å². The molecule has 1 nitrogen and oxygen atoms in total. The maximum Gasteiger partial charge on any atom is 0.0732 e. The summed E-state index contributed by atoms with van der Waals surface area (Å²) in [6.45, 7) is 0. The molecule has 9 aromatic rings. The summed E-state index contributed by atoms with van der Waals surface area (Å²) in [5.41, 5.74) is 16.0. The molecular weight excluding hydrogens is 627 g/mol. The van der Waals surface area contributed by atoms with Gasteiger partial charge in [-0.05, 0) is 114 Å². The molecule has 0 aliphatic heterocycles. The van der Waals surface area contributed by atoms with Crippen molar-refractivity contribution in [2.24, 2.45) is 0 Å². The zero-order valence-corrected chi connectivity index (χ0v) is 28.5. The highest BCUT2D eigenvalue weighted by molar-refractivity contribution is 6.04. The summed E-state index contributed by atoms with van der Waals surface area (Å²) >= 11 is 0. The molecule has 2 aliphatic carbocycles. The van der Waals surface area contributed by atoms with E-state index in [1.165, 1.54) is 77.2 Å². The molecule has 0 radical (unpaired) electrons. The summed E-state index contributed by atoms with van der Waals surface area (Å²) in [5.74, 6) is 0. The predicted octanol–water partition coefficient (Wildman–Crippen LogP) is 13.5. The van der Waals surface area contributed by atoms with E-state index < -0.39 is 5.41 Å². The van der Waals surface area contributed by atoms with Crippen LogP contribution in [0.2, 0.25) is 0 Å². The molecule has 0 bridgehead atoms. The van der Waals surface area contributed by atoms with Gasteiger partial charge in [-0.2, -0.15) is 0 Å². The molecule has 0 unspecified atom stereocenters. The fraction of sp³-hybridized carbons (Fsp3) is 0.0196. The second kappa shape index (κ2) is 11.2. The van der Waals surface area contributed by atoms with Gasteiger partial charge in [0, 0.05) is 17.1 Å². The Morgan fingerprint density at radius 2 is 0.827 bits per heavy atom. The number of nitrogens with zero attached hydrogens (tertiary/aromatic N) is 1. The van der Waals surface area contributed by atoms with Crippen molar-refractivity contribution >= 4 is 38.6 Å². The lowest BCUT2D eigenvalue weighted by Gasteiger charge is -2.33. The van der Waals surface area contributed by atoms with Gasteiger partial charge in [0.05, 0.1) is 5.41 Å². The van der Waals surface area contributed by atoms with Crippen LogP contribution in [0, 0.1) is 0 Å². The Morgan fingerprint density at radius 3 is 1.60 bits per heavy atom. The zero-order valence-electron chi connectivity index (χ0n) is 28.5. The van der Waals surface area contributed by atoms with E-state index in [1.54, 1.807) is 0 Å². The minimum Gasteiger partial charge on any atom is -0.310 e. The van der Waals surface area contributed by atoms with Gasteiger partial charge >= 0.3 is 0 Å². The standard InChI is InChI=1S/C51H33N/c1-2-12-34(13-3-1)36-22-26-39(27-23-36)52(40-28-24-35-14-4-5-16-38(35)32-40)41-29-31-45-46-30-25-37-15-6-7-17-42(37)50(46)51(49(45)33-41)47-20-10-8-18-43(47)44-19-9-11-21-48(44)51/h1-33H. The van der Waals surface area contributed by atoms with Crippen LogP contribution >= 0.6 is 0 Å². The number of rotatable bonds is 4. The van der Waals surface area contributed by atoms with Crippen molar-refractivity contribution in [1.82, 2.24) is 0 Å². The minimum atomic E-state index is -0.457. The molecule has 0 saturated heterocycles. The third kappa shape index (κ3) is 4.05. The van der Waals surface area contributed by atoms with Gasteiger partial charge in [-0.3, -0.25) is 0 Å². The Hall–Kier alpha value is -6.70. The highest BCUT2D eigenvalue weighted by Crippen LogP contribution is 2.64. The molecule has 242 valence electrons. The first-order valence-electron chi connectivity index (χ1n) is 18.1. The molecule has 0 heterocycles. The van der Waals surface area contributed by atoms with Gasteiger partial charge in [-0.25, -0.2) is 0 Å². The Bertz CT molecular complexity index is 2800. The van der Waals surface area contributed by atoms with E-state index in [1.807, 2.05) is 0 Å². The molecule has 0 saturated carbocycles. The Morgan fingerprint density at radius 1 is 0.308 bits per heavy atom. The van der Waals surface area contributed by atoms with E-state index in [4.69, 9.17) is 0 Å². The minimum absolute atomic E-state index is 0.457. The molecule has 0 fully saturated rings. The number of anilines is 3. The van der Waals surface area contributed by atoms with Crippen LogP contribution in [-0.4, -0.2) is 0 Å². The quantitative estimate of drug-likeness (QED) is 0.182. The normalized spacial score (nSPS) is 13.2. The van der Waals surface area contributed by atoms with Crippen molar-refractivity contribution in [2.45, 2.75) is 5.41 Å². The SMILES string of the molecule is c1ccc(-c2ccc(N(c3ccc4c(c3)C3(c5ccccc5-c5ccccc53)c3c-4ccc4ccccc34)c3ccc4ccccc4c3)cc2)cc1. The molecule has 52 heavy (non-hydrogen) atoms. The van der Waals surface area contributed by atoms with E-state index >= 15 is 0 Å². The Labute approximate surface area is 303 Å².